The summed E-state index contributed by atoms with van der Waals surface area (Å²) < 4.78 is 0. The number of rotatable bonds is 0. The molecule has 0 saturated heterocycles. The molecule has 102 valence electrons. The predicted molar refractivity (Wildman–Crippen MR) is 85.8 cm³/mol. The molecule has 0 fully saturated rings. The van der Waals surface area contributed by atoms with E-state index in [1.165, 1.54) is 17.5 Å². The lowest BCUT2D eigenvalue weighted by Crippen LogP contribution is -1.70. The minimum Gasteiger partial charge on any atom is -0.0919 e. The molecule has 17 heavy (non-hydrogen) atoms. The molecule has 0 heteroatoms. The van der Waals surface area contributed by atoms with Gasteiger partial charge in [-0.15, -0.1) is 0 Å². The van der Waals surface area contributed by atoms with Gasteiger partial charge in [0.1, 0.15) is 0 Å². The minimum atomic E-state index is 0. The van der Waals surface area contributed by atoms with Crippen LogP contribution in [0.2, 0.25) is 0 Å². The Kier molecular flexibility index (Phi) is 29.9. The zero-order valence-corrected chi connectivity index (χ0v) is 11.2. The van der Waals surface area contributed by atoms with Gasteiger partial charge in [-0.05, 0) is 27.7 Å². The van der Waals surface area contributed by atoms with Crippen molar-refractivity contribution in [2.24, 2.45) is 0 Å². The Bertz CT molecular complexity index is 204. The molecule has 0 aliphatic carbocycles. The molecule has 0 unspecified atom stereocenters. The van der Waals surface area contributed by atoms with Gasteiger partial charge in [0.25, 0.3) is 0 Å². The average molecular weight is 238 g/mol. The van der Waals surface area contributed by atoms with Crippen molar-refractivity contribution in [3.8, 4) is 0 Å². The topological polar surface area (TPSA) is 0 Å². The zero-order valence-electron chi connectivity index (χ0n) is 11.2. The van der Waals surface area contributed by atoms with Crippen LogP contribution < -0.4 is 0 Å². The zero-order chi connectivity index (χ0) is 12.1. The van der Waals surface area contributed by atoms with E-state index in [2.05, 4.69) is 52.0 Å². The molecule has 0 aromatic heterocycles. The van der Waals surface area contributed by atoms with Gasteiger partial charge in [0.15, 0.2) is 0 Å². The second kappa shape index (κ2) is 20.4. The highest BCUT2D eigenvalue weighted by atomic mass is 13.9. The standard InChI is InChI=1S/C8H10.C4H8.C3H8.2CH4/c1-7-3-5-8(2)6-4-7;1-3-4-2;1-3-2;;/h3-6H,1-2H3;3-4H,1-2H3;3H2,1-2H3;2*1H4/b;4-3+;;;. The van der Waals surface area contributed by atoms with Gasteiger partial charge < -0.3 is 0 Å². The maximum atomic E-state index is 2.12. The highest BCUT2D eigenvalue weighted by Gasteiger charge is 1.79. The Hall–Kier alpha value is -1.04. The number of hydrogen-bond donors (Lipinski definition) is 0. The van der Waals surface area contributed by atoms with Gasteiger partial charge in [0.05, 0.1) is 0 Å². The Morgan fingerprint density at radius 2 is 0.941 bits per heavy atom. The van der Waals surface area contributed by atoms with Crippen LogP contribution in [0.15, 0.2) is 36.4 Å². The van der Waals surface area contributed by atoms with Gasteiger partial charge in [-0.2, -0.15) is 0 Å². The molecule has 0 aliphatic rings. The number of benzene rings is 1. The van der Waals surface area contributed by atoms with Crippen LogP contribution in [-0.2, 0) is 0 Å². The summed E-state index contributed by atoms with van der Waals surface area (Å²) in [5, 5.41) is 0. The lowest BCUT2D eigenvalue weighted by molar-refractivity contribution is 1.09. The molecule has 1 aromatic rings. The molecule has 0 saturated carbocycles. The summed E-state index contributed by atoms with van der Waals surface area (Å²) in [6.45, 7) is 12.4. The van der Waals surface area contributed by atoms with Gasteiger partial charge in [-0.25, -0.2) is 0 Å². The molecular formula is C17H34. The minimum absolute atomic E-state index is 0. The summed E-state index contributed by atoms with van der Waals surface area (Å²) in [5.74, 6) is 0. The summed E-state index contributed by atoms with van der Waals surface area (Å²) in [5.41, 5.74) is 2.66. The van der Waals surface area contributed by atoms with Crippen molar-refractivity contribution >= 4 is 0 Å². The van der Waals surface area contributed by atoms with E-state index >= 15 is 0 Å². The van der Waals surface area contributed by atoms with Crippen LogP contribution in [0.25, 0.3) is 0 Å². The molecule has 1 aromatic carbocycles. The van der Waals surface area contributed by atoms with Gasteiger partial charge in [-0.1, -0.05) is 82.7 Å². The molecule has 0 N–H and O–H groups in total. The van der Waals surface area contributed by atoms with Crippen molar-refractivity contribution in [1.29, 1.82) is 0 Å². The van der Waals surface area contributed by atoms with Crippen molar-refractivity contribution in [2.45, 2.75) is 62.8 Å². The summed E-state index contributed by atoms with van der Waals surface area (Å²) in [4.78, 5) is 0. The van der Waals surface area contributed by atoms with Gasteiger partial charge in [0.2, 0.25) is 0 Å². The van der Waals surface area contributed by atoms with E-state index in [1.54, 1.807) is 0 Å². The SMILES string of the molecule is C.C.C/C=C/C.CCC.Cc1ccc(C)cc1. The Balaban J connectivity index is -0.0000000821. The van der Waals surface area contributed by atoms with Gasteiger partial charge in [-0.3, -0.25) is 0 Å². The van der Waals surface area contributed by atoms with Crippen molar-refractivity contribution < 1.29 is 0 Å². The summed E-state index contributed by atoms with van der Waals surface area (Å²) >= 11 is 0. The Morgan fingerprint density at radius 3 is 1.06 bits per heavy atom. The van der Waals surface area contributed by atoms with Crippen molar-refractivity contribution in [3.05, 3.63) is 47.5 Å². The predicted octanol–water partition coefficient (Wildman–Crippen LogP) is 6.57. The molecule has 0 spiro atoms. The van der Waals surface area contributed by atoms with E-state index in [0.29, 0.717) is 0 Å². The summed E-state index contributed by atoms with van der Waals surface area (Å²) in [7, 11) is 0. The average Bonchev–Trinajstić information content (AvgIpc) is 2.24. The van der Waals surface area contributed by atoms with E-state index in [9.17, 15) is 0 Å². The van der Waals surface area contributed by atoms with Crippen LogP contribution in [0, 0.1) is 13.8 Å². The molecule has 0 heterocycles. The summed E-state index contributed by atoms with van der Waals surface area (Å²) in [6.07, 6.45) is 5.25. The summed E-state index contributed by atoms with van der Waals surface area (Å²) in [6, 6.07) is 8.48. The molecule has 1 rings (SSSR count). The van der Waals surface area contributed by atoms with Gasteiger partial charge in [0, 0.05) is 0 Å². The maximum Gasteiger partial charge on any atom is -0.0398 e. The second-order valence-electron chi connectivity index (χ2n) is 3.53. The first kappa shape index (κ1) is 25.0. The van der Waals surface area contributed by atoms with Crippen LogP contribution in [0.3, 0.4) is 0 Å². The monoisotopic (exact) mass is 238 g/mol. The van der Waals surface area contributed by atoms with Crippen molar-refractivity contribution in [1.82, 2.24) is 0 Å². The highest BCUT2D eigenvalue weighted by Crippen LogP contribution is 1.99. The van der Waals surface area contributed by atoms with E-state index in [4.69, 9.17) is 0 Å². The maximum absolute atomic E-state index is 2.12. The van der Waals surface area contributed by atoms with Crippen LogP contribution in [-0.4, -0.2) is 0 Å². The van der Waals surface area contributed by atoms with Crippen LogP contribution >= 0.6 is 0 Å². The third-order valence-corrected chi connectivity index (χ3v) is 1.55. The fourth-order valence-electron chi connectivity index (χ4n) is 0.637. The number of aryl methyl sites for hydroxylation is 2. The fourth-order valence-corrected chi connectivity index (χ4v) is 0.637. The first-order chi connectivity index (χ1) is 7.12. The first-order valence-corrected chi connectivity index (χ1v) is 5.72. The molecule has 0 radical (unpaired) electrons. The van der Waals surface area contributed by atoms with Crippen LogP contribution in [0.4, 0.5) is 0 Å². The highest BCUT2D eigenvalue weighted by molar-refractivity contribution is 5.19. The van der Waals surface area contributed by atoms with Gasteiger partial charge >= 0.3 is 0 Å². The third-order valence-electron chi connectivity index (χ3n) is 1.55. The number of allylic oxidation sites excluding steroid dienone is 2. The smallest absolute Gasteiger partial charge is 0.0398 e. The Labute approximate surface area is 111 Å². The molecule has 0 aliphatic heterocycles. The second-order valence-corrected chi connectivity index (χ2v) is 3.53. The van der Waals surface area contributed by atoms with E-state index in [-0.39, 0.29) is 14.9 Å². The van der Waals surface area contributed by atoms with Crippen molar-refractivity contribution in [2.75, 3.05) is 0 Å². The van der Waals surface area contributed by atoms with Crippen LogP contribution in [0.5, 0.6) is 0 Å². The molecule has 0 bridgehead atoms. The quantitative estimate of drug-likeness (QED) is 0.448. The molecule has 0 nitrogen and oxygen atoms in total. The number of hydrogen-bond acceptors (Lipinski definition) is 0. The molecule has 0 atom stereocenters. The molecule has 0 amide bonds. The normalized spacial score (nSPS) is 7.65. The first-order valence-electron chi connectivity index (χ1n) is 5.72. The largest absolute Gasteiger partial charge is 0.0919 e. The van der Waals surface area contributed by atoms with E-state index in [1.807, 2.05) is 26.0 Å². The Morgan fingerprint density at radius 1 is 0.765 bits per heavy atom. The fraction of sp³-hybridized carbons (Fsp3) is 0.529. The van der Waals surface area contributed by atoms with Crippen LogP contribution in [0.1, 0.15) is 60.1 Å². The van der Waals surface area contributed by atoms with Crippen molar-refractivity contribution in [3.63, 3.8) is 0 Å². The third kappa shape index (κ3) is 25.3. The lowest BCUT2D eigenvalue weighted by Gasteiger charge is -1.90. The van der Waals surface area contributed by atoms with E-state index in [0.717, 1.165) is 0 Å². The lowest BCUT2D eigenvalue weighted by atomic mass is 10.2. The van der Waals surface area contributed by atoms with E-state index < -0.39 is 0 Å². The molecular weight excluding hydrogens is 204 g/mol.